The molecule has 0 saturated carbocycles. The van der Waals surface area contributed by atoms with Crippen molar-refractivity contribution in [2.45, 2.75) is 20.3 Å². The van der Waals surface area contributed by atoms with Crippen LogP contribution in [0.15, 0.2) is 24.3 Å². The van der Waals surface area contributed by atoms with Gasteiger partial charge in [0.15, 0.2) is 0 Å². The molecule has 0 radical (unpaired) electrons. The maximum Gasteiger partial charge on any atom is 0.0441 e. The van der Waals surface area contributed by atoms with E-state index in [1.165, 1.54) is 11.1 Å². The van der Waals surface area contributed by atoms with Gasteiger partial charge in [-0.15, -0.1) is 11.6 Å². The van der Waals surface area contributed by atoms with E-state index in [0.717, 1.165) is 17.0 Å². The number of allylic oxidation sites excluding steroid dienone is 2. The van der Waals surface area contributed by atoms with Crippen molar-refractivity contribution in [2.24, 2.45) is 0 Å². The van der Waals surface area contributed by atoms with Crippen molar-refractivity contribution in [3.05, 3.63) is 40.4 Å². The zero-order chi connectivity index (χ0) is 10.6. The van der Waals surface area contributed by atoms with E-state index >= 15 is 0 Å². The molecule has 0 fully saturated rings. The standard InChI is InChI=1S/C12H14Cl2/c1-9(4-3-7-13)11-6-5-10(2)12(14)8-11/h4-6,8H,3,7H2,1-2H3/b9-4-. The summed E-state index contributed by atoms with van der Waals surface area (Å²) in [6.45, 7) is 4.08. The molecule has 0 bridgehead atoms. The second kappa shape index (κ2) is 5.43. The summed E-state index contributed by atoms with van der Waals surface area (Å²) in [5, 5.41) is 0.820. The molecule has 0 aromatic heterocycles. The summed E-state index contributed by atoms with van der Waals surface area (Å²) in [6.07, 6.45) is 3.03. The first-order valence-electron chi connectivity index (χ1n) is 4.64. The Morgan fingerprint density at radius 1 is 1.43 bits per heavy atom. The van der Waals surface area contributed by atoms with Crippen molar-refractivity contribution in [1.29, 1.82) is 0 Å². The lowest BCUT2D eigenvalue weighted by Crippen LogP contribution is -1.83. The zero-order valence-electron chi connectivity index (χ0n) is 8.48. The predicted octanol–water partition coefficient (Wildman–Crippen LogP) is 4.68. The Hall–Kier alpha value is -0.460. The first-order chi connectivity index (χ1) is 6.65. The smallest absolute Gasteiger partial charge is 0.0441 e. The van der Waals surface area contributed by atoms with Gasteiger partial charge >= 0.3 is 0 Å². The molecule has 0 aliphatic heterocycles. The number of alkyl halides is 1. The van der Waals surface area contributed by atoms with E-state index in [4.69, 9.17) is 23.2 Å². The van der Waals surface area contributed by atoms with Crippen LogP contribution in [0.4, 0.5) is 0 Å². The second-order valence-electron chi connectivity index (χ2n) is 3.33. The number of benzene rings is 1. The minimum atomic E-state index is 0.664. The maximum atomic E-state index is 6.04. The molecule has 0 amide bonds. The lowest BCUT2D eigenvalue weighted by Gasteiger charge is -2.04. The van der Waals surface area contributed by atoms with E-state index in [-0.39, 0.29) is 0 Å². The Morgan fingerprint density at radius 3 is 2.71 bits per heavy atom. The molecule has 0 nitrogen and oxygen atoms in total. The molecule has 0 atom stereocenters. The highest BCUT2D eigenvalue weighted by Gasteiger charge is 1.99. The van der Waals surface area contributed by atoms with Gasteiger partial charge in [0.25, 0.3) is 0 Å². The molecular weight excluding hydrogens is 215 g/mol. The minimum Gasteiger partial charge on any atom is -0.126 e. The lowest BCUT2D eigenvalue weighted by atomic mass is 10.1. The third-order valence-electron chi connectivity index (χ3n) is 2.19. The Labute approximate surface area is 95.5 Å². The van der Waals surface area contributed by atoms with Gasteiger partial charge in [0.2, 0.25) is 0 Å². The molecule has 0 N–H and O–H groups in total. The van der Waals surface area contributed by atoms with Crippen molar-refractivity contribution in [3.63, 3.8) is 0 Å². The van der Waals surface area contributed by atoms with Crippen LogP contribution in [0.2, 0.25) is 5.02 Å². The van der Waals surface area contributed by atoms with E-state index in [1.54, 1.807) is 0 Å². The van der Waals surface area contributed by atoms with Crippen molar-refractivity contribution in [2.75, 3.05) is 5.88 Å². The Kier molecular flexibility index (Phi) is 4.50. The molecule has 76 valence electrons. The van der Waals surface area contributed by atoms with Crippen molar-refractivity contribution < 1.29 is 0 Å². The molecule has 0 heterocycles. The molecule has 0 saturated heterocycles. The number of aryl methyl sites for hydroxylation is 1. The lowest BCUT2D eigenvalue weighted by molar-refractivity contribution is 1.23. The molecule has 0 spiro atoms. The summed E-state index contributed by atoms with van der Waals surface area (Å²) in [7, 11) is 0. The van der Waals surface area contributed by atoms with Gasteiger partial charge < -0.3 is 0 Å². The van der Waals surface area contributed by atoms with E-state index in [9.17, 15) is 0 Å². The molecule has 1 aromatic rings. The van der Waals surface area contributed by atoms with Crippen LogP contribution in [0.1, 0.15) is 24.5 Å². The molecule has 2 heteroatoms. The van der Waals surface area contributed by atoms with Crippen LogP contribution in [-0.4, -0.2) is 5.88 Å². The molecule has 0 aliphatic carbocycles. The fourth-order valence-electron chi connectivity index (χ4n) is 1.23. The normalized spacial score (nSPS) is 11.9. The second-order valence-corrected chi connectivity index (χ2v) is 4.11. The first-order valence-corrected chi connectivity index (χ1v) is 5.55. The van der Waals surface area contributed by atoms with E-state index < -0.39 is 0 Å². The monoisotopic (exact) mass is 228 g/mol. The van der Waals surface area contributed by atoms with Crippen LogP contribution in [0.5, 0.6) is 0 Å². The van der Waals surface area contributed by atoms with E-state index in [0.29, 0.717) is 5.88 Å². The van der Waals surface area contributed by atoms with E-state index in [2.05, 4.69) is 19.1 Å². The van der Waals surface area contributed by atoms with Gasteiger partial charge in [-0.3, -0.25) is 0 Å². The van der Waals surface area contributed by atoms with Crippen LogP contribution < -0.4 is 0 Å². The van der Waals surface area contributed by atoms with Gasteiger partial charge in [0.05, 0.1) is 0 Å². The summed E-state index contributed by atoms with van der Waals surface area (Å²) >= 11 is 11.7. The molecule has 14 heavy (non-hydrogen) atoms. The Bertz CT molecular complexity index is 340. The third kappa shape index (κ3) is 3.04. The summed E-state index contributed by atoms with van der Waals surface area (Å²) in [5.41, 5.74) is 3.51. The van der Waals surface area contributed by atoms with Gasteiger partial charge in [-0.25, -0.2) is 0 Å². The highest BCUT2D eigenvalue weighted by Crippen LogP contribution is 2.22. The molecular formula is C12H14Cl2. The molecule has 1 aromatic carbocycles. The number of hydrogen-bond donors (Lipinski definition) is 0. The van der Waals surface area contributed by atoms with Crippen LogP contribution >= 0.6 is 23.2 Å². The van der Waals surface area contributed by atoms with Gasteiger partial charge in [0, 0.05) is 10.9 Å². The maximum absolute atomic E-state index is 6.04. The van der Waals surface area contributed by atoms with Crippen molar-refractivity contribution in [3.8, 4) is 0 Å². The molecule has 0 unspecified atom stereocenters. The van der Waals surface area contributed by atoms with Crippen molar-refractivity contribution in [1.82, 2.24) is 0 Å². The van der Waals surface area contributed by atoms with Gasteiger partial charge in [-0.1, -0.05) is 29.8 Å². The van der Waals surface area contributed by atoms with Crippen LogP contribution in [0.25, 0.3) is 5.57 Å². The largest absolute Gasteiger partial charge is 0.126 e. The first kappa shape index (κ1) is 11.6. The van der Waals surface area contributed by atoms with Gasteiger partial charge in [0.1, 0.15) is 0 Å². The SMILES string of the molecule is C/C(=C/CCCl)c1ccc(C)c(Cl)c1. The summed E-state index contributed by atoms with van der Waals surface area (Å²) in [4.78, 5) is 0. The van der Waals surface area contributed by atoms with Crippen LogP contribution in [0.3, 0.4) is 0 Å². The van der Waals surface area contributed by atoms with Gasteiger partial charge in [-0.05, 0) is 43.0 Å². The minimum absolute atomic E-state index is 0.664. The predicted molar refractivity (Wildman–Crippen MR) is 65.2 cm³/mol. The highest BCUT2D eigenvalue weighted by molar-refractivity contribution is 6.31. The van der Waals surface area contributed by atoms with Gasteiger partial charge in [-0.2, -0.15) is 0 Å². The topological polar surface area (TPSA) is 0 Å². The average molecular weight is 229 g/mol. The number of rotatable bonds is 3. The van der Waals surface area contributed by atoms with Crippen molar-refractivity contribution >= 4 is 28.8 Å². The summed E-state index contributed by atoms with van der Waals surface area (Å²) in [6, 6.07) is 6.12. The summed E-state index contributed by atoms with van der Waals surface area (Å²) in [5.74, 6) is 0.664. The quantitative estimate of drug-likeness (QED) is 0.660. The fourth-order valence-corrected chi connectivity index (χ4v) is 1.52. The number of halogens is 2. The van der Waals surface area contributed by atoms with Crippen LogP contribution in [0, 0.1) is 6.92 Å². The Balaban J connectivity index is 2.91. The zero-order valence-corrected chi connectivity index (χ0v) is 9.99. The van der Waals surface area contributed by atoms with Crippen LogP contribution in [-0.2, 0) is 0 Å². The molecule has 1 rings (SSSR count). The Morgan fingerprint density at radius 2 is 2.14 bits per heavy atom. The molecule has 0 aliphatic rings. The number of hydrogen-bond acceptors (Lipinski definition) is 0. The highest BCUT2D eigenvalue weighted by atomic mass is 35.5. The van der Waals surface area contributed by atoms with E-state index in [1.807, 2.05) is 19.1 Å². The average Bonchev–Trinajstić information content (AvgIpc) is 2.18. The fraction of sp³-hybridized carbons (Fsp3) is 0.333. The summed E-state index contributed by atoms with van der Waals surface area (Å²) < 4.78 is 0. The third-order valence-corrected chi connectivity index (χ3v) is 2.81.